The molecule has 17 heavy (non-hydrogen) atoms. The Morgan fingerprint density at radius 1 is 1.18 bits per heavy atom. The van der Waals surface area contributed by atoms with E-state index < -0.39 is 5.51 Å². The molecule has 1 aromatic rings. The molecule has 0 saturated carbocycles. The van der Waals surface area contributed by atoms with Crippen molar-refractivity contribution in [2.45, 2.75) is 29.1 Å². The van der Waals surface area contributed by atoms with Crippen LogP contribution in [-0.4, -0.2) is 11.4 Å². The first-order valence-corrected chi connectivity index (χ1v) is 6.84. The number of benzene rings is 1. The van der Waals surface area contributed by atoms with Crippen LogP contribution >= 0.6 is 35.0 Å². The van der Waals surface area contributed by atoms with E-state index >= 15 is 0 Å². The molecule has 6 heteroatoms. The van der Waals surface area contributed by atoms with Gasteiger partial charge in [0.1, 0.15) is 0 Å². The van der Waals surface area contributed by atoms with Crippen molar-refractivity contribution in [3.05, 3.63) is 29.3 Å². The third-order valence-corrected chi connectivity index (χ3v) is 3.51. The Hall–Kier alpha value is -0.0600. The number of aryl methyl sites for hydroxylation is 1. The van der Waals surface area contributed by atoms with Gasteiger partial charge in [-0.05, 0) is 41.8 Å². The van der Waals surface area contributed by atoms with Crippen LogP contribution in [0.4, 0.5) is 13.2 Å². The molecule has 0 radical (unpaired) electrons. The molecule has 1 rings (SSSR count). The van der Waals surface area contributed by atoms with E-state index in [0.717, 1.165) is 5.56 Å². The van der Waals surface area contributed by atoms with Gasteiger partial charge in [0.25, 0.3) is 0 Å². The van der Waals surface area contributed by atoms with Gasteiger partial charge in [0.05, 0.1) is 0 Å². The van der Waals surface area contributed by atoms with Gasteiger partial charge in [-0.15, -0.1) is 23.2 Å². The zero-order chi connectivity index (χ0) is 12.9. The zero-order valence-corrected chi connectivity index (χ0v) is 11.2. The normalized spacial score (nSPS) is 11.8. The summed E-state index contributed by atoms with van der Waals surface area (Å²) in [6.45, 7) is 0. The van der Waals surface area contributed by atoms with Crippen LogP contribution in [0.2, 0.25) is 0 Å². The summed E-state index contributed by atoms with van der Waals surface area (Å²) in [6.07, 6.45) is 1.19. The second-order valence-electron chi connectivity index (χ2n) is 3.42. The Kier molecular flexibility index (Phi) is 5.97. The molecule has 0 amide bonds. The molecule has 1 aromatic carbocycles. The van der Waals surface area contributed by atoms with Crippen molar-refractivity contribution < 1.29 is 13.2 Å². The van der Waals surface area contributed by atoms with Gasteiger partial charge in [0.15, 0.2) is 0 Å². The van der Waals surface area contributed by atoms with Gasteiger partial charge >= 0.3 is 5.51 Å². The average Bonchev–Trinajstić information content (AvgIpc) is 2.26. The number of hydrogen-bond acceptors (Lipinski definition) is 1. The highest BCUT2D eigenvalue weighted by molar-refractivity contribution is 8.00. The first-order chi connectivity index (χ1) is 7.96. The molecular formula is C11H11Cl2F3S. The van der Waals surface area contributed by atoms with Crippen LogP contribution < -0.4 is 0 Å². The van der Waals surface area contributed by atoms with E-state index in [-0.39, 0.29) is 16.7 Å². The fraction of sp³-hybridized carbons (Fsp3) is 0.455. The van der Waals surface area contributed by atoms with Crippen molar-refractivity contribution >= 4 is 35.0 Å². The summed E-state index contributed by atoms with van der Waals surface area (Å²) in [5, 5.41) is 0. The molecule has 0 heterocycles. The minimum atomic E-state index is -4.27. The topological polar surface area (TPSA) is 0 Å². The Labute approximate surface area is 112 Å². The lowest BCUT2D eigenvalue weighted by Gasteiger charge is -2.12. The summed E-state index contributed by atoms with van der Waals surface area (Å²) < 4.78 is 37.0. The van der Waals surface area contributed by atoms with Crippen LogP contribution in [-0.2, 0) is 12.3 Å². The summed E-state index contributed by atoms with van der Waals surface area (Å²) in [4.78, 5) is 0.233. The van der Waals surface area contributed by atoms with Gasteiger partial charge in [-0.3, -0.25) is 0 Å². The third kappa shape index (κ3) is 5.40. The van der Waals surface area contributed by atoms with E-state index in [9.17, 15) is 13.2 Å². The Balaban J connectivity index is 2.93. The molecule has 0 bridgehead atoms. The van der Waals surface area contributed by atoms with Gasteiger partial charge in [0.2, 0.25) is 0 Å². The third-order valence-electron chi connectivity index (χ3n) is 2.08. The molecule has 0 saturated heterocycles. The Morgan fingerprint density at radius 2 is 1.88 bits per heavy atom. The largest absolute Gasteiger partial charge is 0.446 e. The van der Waals surface area contributed by atoms with E-state index in [1.54, 1.807) is 12.1 Å². The molecule has 0 atom stereocenters. The first-order valence-electron chi connectivity index (χ1n) is 4.95. The average molecular weight is 303 g/mol. The van der Waals surface area contributed by atoms with E-state index in [2.05, 4.69) is 0 Å². The fourth-order valence-corrected chi connectivity index (χ4v) is 2.37. The molecule has 0 fully saturated rings. The van der Waals surface area contributed by atoms with Crippen molar-refractivity contribution in [3.8, 4) is 0 Å². The lowest BCUT2D eigenvalue weighted by Crippen LogP contribution is -2.02. The lowest BCUT2D eigenvalue weighted by molar-refractivity contribution is -0.0328. The maximum atomic E-state index is 12.3. The zero-order valence-electron chi connectivity index (χ0n) is 8.86. The summed E-state index contributed by atoms with van der Waals surface area (Å²) in [5.41, 5.74) is -2.79. The Morgan fingerprint density at radius 3 is 2.41 bits per heavy atom. The molecule has 0 nitrogen and oxygen atoms in total. The highest BCUT2D eigenvalue weighted by Crippen LogP contribution is 2.39. The van der Waals surface area contributed by atoms with E-state index in [1.807, 2.05) is 0 Å². The van der Waals surface area contributed by atoms with E-state index in [1.165, 1.54) is 6.07 Å². The molecule has 0 aromatic heterocycles. The van der Waals surface area contributed by atoms with Crippen molar-refractivity contribution in [2.75, 3.05) is 5.88 Å². The van der Waals surface area contributed by atoms with Crippen molar-refractivity contribution in [3.63, 3.8) is 0 Å². The van der Waals surface area contributed by atoms with Crippen molar-refractivity contribution in [1.29, 1.82) is 0 Å². The predicted octanol–water partition coefficient (Wildman–Crippen LogP) is 5.21. The van der Waals surface area contributed by atoms with Crippen LogP contribution in [0.1, 0.15) is 17.5 Å². The second-order valence-corrected chi connectivity index (χ2v) is 5.17. The lowest BCUT2D eigenvalue weighted by atomic mass is 10.1. The van der Waals surface area contributed by atoms with Gasteiger partial charge < -0.3 is 0 Å². The predicted molar refractivity (Wildman–Crippen MR) is 67.0 cm³/mol. The molecule has 0 N–H and O–H groups in total. The van der Waals surface area contributed by atoms with Gasteiger partial charge in [0, 0.05) is 16.7 Å². The molecular weight excluding hydrogens is 292 g/mol. The van der Waals surface area contributed by atoms with Crippen LogP contribution in [0.5, 0.6) is 0 Å². The van der Waals surface area contributed by atoms with E-state index in [0.29, 0.717) is 30.2 Å². The minimum Gasteiger partial charge on any atom is -0.160 e. The summed E-state index contributed by atoms with van der Waals surface area (Å²) in [7, 11) is 0. The molecule has 0 aliphatic rings. The van der Waals surface area contributed by atoms with Crippen molar-refractivity contribution in [2.24, 2.45) is 0 Å². The first kappa shape index (κ1) is 15.0. The molecule has 96 valence electrons. The Bertz CT molecular complexity index is 366. The molecule has 0 aliphatic heterocycles. The number of halogens is 5. The molecule has 0 aliphatic carbocycles. The number of hydrogen-bond donors (Lipinski definition) is 0. The summed E-state index contributed by atoms with van der Waals surface area (Å²) in [5.74, 6) is 0.728. The SMILES string of the molecule is FC(F)(F)Sc1ccc(CCl)cc1CCCCl. The standard InChI is InChI=1S/C11H11Cl2F3S/c12-5-1-2-9-6-8(7-13)3-4-10(9)17-11(14,15)16/h3-4,6H,1-2,5,7H2. The van der Waals surface area contributed by atoms with Gasteiger partial charge in [-0.25, -0.2) is 0 Å². The van der Waals surface area contributed by atoms with Gasteiger partial charge in [-0.1, -0.05) is 12.1 Å². The molecule has 0 unspecified atom stereocenters. The maximum absolute atomic E-state index is 12.3. The summed E-state index contributed by atoms with van der Waals surface area (Å²) >= 11 is 11.1. The van der Waals surface area contributed by atoms with Crippen LogP contribution in [0, 0.1) is 0 Å². The minimum absolute atomic E-state index is 0.0892. The van der Waals surface area contributed by atoms with Gasteiger partial charge in [-0.2, -0.15) is 13.2 Å². The van der Waals surface area contributed by atoms with Crippen LogP contribution in [0.3, 0.4) is 0 Å². The van der Waals surface area contributed by atoms with Crippen LogP contribution in [0.25, 0.3) is 0 Å². The molecule has 0 spiro atoms. The monoisotopic (exact) mass is 302 g/mol. The quantitative estimate of drug-likeness (QED) is 0.531. The number of alkyl halides is 5. The summed E-state index contributed by atoms with van der Waals surface area (Å²) in [6, 6.07) is 4.80. The smallest absolute Gasteiger partial charge is 0.160 e. The number of thioether (sulfide) groups is 1. The second kappa shape index (κ2) is 6.76. The fourth-order valence-electron chi connectivity index (χ4n) is 1.39. The highest BCUT2D eigenvalue weighted by atomic mass is 35.5. The van der Waals surface area contributed by atoms with E-state index in [4.69, 9.17) is 23.2 Å². The van der Waals surface area contributed by atoms with Crippen molar-refractivity contribution in [1.82, 2.24) is 0 Å². The number of rotatable bonds is 5. The highest BCUT2D eigenvalue weighted by Gasteiger charge is 2.30. The maximum Gasteiger partial charge on any atom is 0.446 e. The van der Waals surface area contributed by atoms with Crippen LogP contribution in [0.15, 0.2) is 23.1 Å².